The highest BCUT2D eigenvalue weighted by molar-refractivity contribution is 5.69. The Morgan fingerprint density at radius 3 is 2.29 bits per heavy atom. The summed E-state index contributed by atoms with van der Waals surface area (Å²) in [4.78, 5) is 11.8. The van der Waals surface area contributed by atoms with E-state index < -0.39 is 0 Å². The minimum absolute atomic E-state index is 0.0287. The smallest absolute Gasteiger partial charge is 0.307 e. The third-order valence-corrected chi connectivity index (χ3v) is 3.95. The summed E-state index contributed by atoms with van der Waals surface area (Å²) in [5.74, 6) is 0.364. The maximum atomic E-state index is 11.8. The zero-order chi connectivity index (χ0) is 16.5. The van der Waals surface area contributed by atoms with Gasteiger partial charge in [0.05, 0.1) is 13.0 Å². The van der Waals surface area contributed by atoms with Crippen molar-refractivity contribution in [3.8, 4) is 0 Å². The molecule has 3 N–H and O–H groups in total. The second-order valence-corrected chi connectivity index (χ2v) is 7.85. The van der Waals surface area contributed by atoms with Crippen molar-refractivity contribution in [2.75, 3.05) is 26.2 Å². The number of hydrogen-bond donors (Lipinski definition) is 2. The summed E-state index contributed by atoms with van der Waals surface area (Å²) in [6, 6.07) is 0. The van der Waals surface area contributed by atoms with Crippen molar-refractivity contribution in [3.05, 3.63) is 0 Å². The van der Waals surface area contributed by atoms with E-state index in [9.17, 15) is 4.79 Å². The molecule has 21 heavy (non-hydrogen) atoms. The van der Waals surface area contributed by atoms with Crippen LogP contribution in [0.1, 0.15) is 60.8 Å². The normalized spacial score (nSPS) is 15.0. The van der Waals surface area contributed by atoms with Crippen LogP contribution in [-0.4, -0.2) is 32.2 Å². The average molecular weight is 300 g/mol. The highest BCUT2D eigenvalue weighted by Crippen LogP contribution is 2.39. The van der Waals surface area contributed by atoms with Crippen LogP contribution in [0.5, 0.6) is 0 Å². The summed E-state index contributed by atoms with van der Waals surface area (Å²) in [5, 5.41) is 3.19. The molecular formula is C17H36N2O2. The molecule has 0 spiro atoms. The summed E-state index contributed by atoms with van der Waals surface area (Å²) < 4.78 is 5.52. The number of hydrogen-bond acceptors (Lipinski definition) is 4. The molecule has 0 fully saturated rings. The number of carbonyl (C=O) groups excluding carboxylic acids is 1. The molecule has 0 heterocycles. The van der Waals surface area contributed by atoms with Gasteiger partial charge in [-0.3, -0.25) is 4.79 Å². The van der Waals surface area contributed by atoms with Gasteiger partial charge >= 0.3 is 5.97 Å². The Balaban J connectivity index is 4.16. The van der Waals surface area contributed by atoms with E-state index in [1.54, 1.807) is 0 Å². The van der Waals surface area contributed by atoms with E-state index in [2.05, 4.69) is 46.9 Å². The number of nitrogens with one attached hydrogen (secondary N) is 1. The molecule has 4 heteroatoms. The van der Waals surface area contributed by atoms with E-state index in [1.165, 1.54) is 0 Å². The lowest BCUT2D eigenvalue weighted by Gasteiger charge is -2.38. The fraction of sp³-hybridized carbons (Fsp3) is 0.941. The quantitative estimate of drug-likeness (QED) is 0.481. The van der Waals surface area contributed by atoms with Crippen molar-refractivity contribution in [2.24, 2.45) is 22.5 Å². The van der Waals surface area contributed by atoms with Gasteiger partial charge in [-0.05, 0) is 37.3 Å². The Hall–Kier alpha value is -0.610. The molecule has 0 aromatic rings. The van der Waals surface area contributed by atoms with Crippen molar-refractivity contribution in [2.45, 2.75) is 60.8 Å². The Morgan fingerprint density at radius 2 is 1.81 bits per heavy atom. The fourth-order valence-electron chi connectivity index (χ4n) is 2.49. The minimum Gasteiger partial charge on any atom is -0.465 e. The van der Waals surface area contributed by atoms with Gasteiger partial charge in [0.25, 0.3) is 0 Å². The van der Waals surface area contributed by atoms with E-state index >= 15 is 0 Å². The van der Waals surface area contributed by atoms with Crippen molar-refractivity contribution >= 4 is 5.97 Å². The zero-order valence-electron chi connectivity index (χ0n) is 14.9. The monoisotopic (exact) mass is 300 g/mol. The number of nitrogens with two attached hydrogens (primary N) is 1. The first-order chi connectivity index (χ1) is 9.60. The van der Waals surface area contributed by atoms with Gasteiger partial charge in [-0.2, -0.15) is 0 Å². The van der Waals surface area contributed by atoms with Gasteiger partial charge in [0.1, 0.15) is 0 Å². The first kappa shape index (κ1) is 20.4. The van der Waals surface area contributed by atoms with Gasteiger partial charge in [0.2, 0.25) is 0 Å². The molecule has 0 bridgehead atoms. The predicted octanol–water partition coefficient (Wildman–Crippen LogP) is 2.96. The molecule has 0 saturated heterocycles. The third-order valence-electron chi connectivity index (χ3n) is 3.95. The number of carbonyl (C=O) groups is 1. The van der Waals surface area contributed by atoms with Crippen LogP contribution >= 0.6 is 0 Å². The van der Waals surface area contributed by atoms with Crippen molar-refractivity contribution in [3.63, 3.8) is 0 Å². The minimum atomic E-state index is -0.115. The lowest BCUT2D eigenvalue weighted by atomic mass is 9.69. The van der Waals surface area contributed by atoms with Crippen LogP contribution in [0.2, 0.25) is 0 Å². The van der Waals surface area contributed by atoms with Crippen LogP contribution < -0.4 is 11.1 Å². The van der Waals surface area contributed by atoms with Crippen molar-refractivity contribution in [1.29, 1.82) is 0 Å². The standard InChI is InChI=1S/C17H36N2O2/c1-14(2)17(6,12-16(3,4)5)13-21-15(20)8-11-19-10-7-9-18/h14,19H,7-13,18H2,1-6H3. The maximum Gasteiger partial charge on any atom is 0.307 e. The van der Waals surface area contributed by atoms with Gasteiger partial charge in [-0.1, -0.05) is 41.5 Å². The van der Waals surface area contributed by atoms with E-state index in [0.717, 1.165) is 19.4 Å². The van der Waals surface area contributed by atoms with Gasteiger partial charge in [-0.25, -0.2) is 0 Å². The first-order valence-electron chi connectivity index (χ1n) is 8.17. The molecule has 0 aliphatic heterocycles. The zero-order valence-corrected chi connectivity index (χ0v) is 14.9. The molecular weight excluding hydrogens is 264 g/mol. The molecule has 126 valence electrons. The SMILES string of the molecule is CC(C)C(C)(COC(=O)CCNCCCN)CC(C)(C)C. The first-order valence-corrected chi connectivity index (χ1v) is 8.17. The molecule has 0 rings (SSSR count). The van der Waals surface area contributed by atoms with Crippen molar-refractivity contribution < 1.29 is 9.53 Å². The molecule has 0 aliphatic carbocycles. The molecule has 0 radical (unpaired) electrons. The van der Waals surface area contributed by atoms with Crippen LogP contribution in [0.4, 0.5) is 0 Å². The summed E-state index contributed by atoms with van der Waals surface area (Å²) in [5.41, 5.74) is 5.67. The van der Waals surface area contributed by atoms with E-state index in [4.69, 9.17) is 10.5 Å². The summed E-state index contributed by atoms with van der Waals surface area (Å²) >= 11 is 0. The van der Waals surface area contributed by atoms with Gasteiger partial charge in [-0.15, -0.1) is 0 Å². The molecule has 1 unspecified atom stereocenters. The van der Waals surface area contributed by atoms with E-state index in [0.29, 0.717) is 32.0 Å². The van der Waals surface area contributed by atoms with Crippen molar-refractivity contribution in [1.82, 2.24) is 5.32 Å². The van der Waals surface area contributed by atoms with Gasteiger partial charge < -0.3 is 15.8 Å². The van der Waals surface area contributed by atoms with E-state index in [-0.39, 0.29) is 16.8 Å². The predicted molar refractivity (Wildman–Crippen MR) is 89.1 cm³/mol. The highest BCUT2D eigenvalue weighted by atomic mass is 16.5. The Bertz CT molecular complexity index is 298. The summed E-state index contributed by atoms with van der Waals surface area (Å²) in [6.45, 7) is 16.0. The lowest BCUT2D eigenvalue weighted by molar-refractivity contribution is -0.148. The molecule has 0 aromatic carbocycles. The lowest BCUT2D eigenvalue weighted by Crippen LogP contribution is -2.35. The van der Waals surface area contributed by atoms with Crippen LogP contribution in [0, 0.1) is 16.7 Å². The second kappa shape index (κ2) is 9.42. The molecule has 0 saturated carbocycles. The molecule has 4 nitrogen and oxygen atoms in total. The highest BCUT2D eigenvalue weighted by Gasteiger charge is 2.34. The Labute approximate surface area is 131 Å². The van der Waals surface area contributed by atoms with Crippen LogP contribution in [0.25, 0.3) is 0 Å². The van der Waals surface area contributed by atoms with Gasteiger partial charge in [0, 0.05) is 12.0 Å². The Morgan fingerprint density at radius 1 is 1.19 bits per heavy atom. The van der Waals surface area contributed by atoms with Crippen LogP contribution in [0.15, 0.2) is 0 Å². The molecule has 0 amide bonds. The molecule has 1 atom stereocenters. The fourth-order valence-corrected chi connectivity index (χ4v) is 2.49. The number of esters is 1. The number of ether oxygens (including phenoxy) is 1. The van der Waals surface area contributed by atoms with Crippen LogP contribution in [0.3, 0.4) is 0 Å². The topological polar surface area (TPSA) is 64.3 Å². The Kier molecular flexibility index (Phi) is 9.14. The third kappa shape index (κ3) is 9.86. The maximum absolute atomic E-state index is 11.8. The number of rotatable bonds is 10. The largest absolute Gasteiger partial charge is 0.465 e. The summed E-state index contributed by atoms with van der Waals surface area (Å²) in [7, 11) is 0. The second-order valence-electron chi connectivity index (χ2n) is 7.85. The molecule has 0 aliphatic rings. The van der Waals surface area contributed by atoms with Crippen LogP contribution in [-0.2, 0) is 9.53 Å². The van der Waals surface area contributed by atoms with E-state index in [1.807, 2.05) is 0 Å². The molecule has 0 aromatic heterocycles. The average Bonchev–Trinajstić information content (AvgIpc) is 2.34. The van der Waals surface area contributed by atoms with Gasteiger partial charge in [0.15, 0.2) is 0 Å². The summed E-state index contributed by atoms with van der Waals surface area (Å²) in [6.07, 6.45) is 2.40.